The molecule has 0 saturated carbocycles. The van der Waals surface area contributed by atoms with Gasteiger partial charge in [0.15, 0.2) is 0 Å². The first-order chi connectivity index (χ1) is 12.0. The summed E-state index contributed by atoms with van der Waals surface area (Å²) in [6.45, 7) is -0.637. The Bertz CT molecular complexity index is 869. The number of carbonyl (C=O) groups is 3. The number of nitrogens with zero attached hydrogens (tertiary/aromatic N) is 2. The van der Waals surface area contributed by atoms with Crippen molar-refractivity contribution in [2.24, 2.45) is 0 Å². The fraction of sp³-hybridized carbons (Fsp3) is 0.118. The normalized spacial score (nSPS) is 15.9. The Kier molecular flexibility index (Phi) is 4.62. The number of amides is 2. The van der Waals surface area contributed by atoms with Crippen LogP contribution in [0.4, 0.5) is 4.79 Å². The number of aliphatic carboxylic acids is 1. The minimum Gasteiger partial charge on any atom is -0.497 e. The second kappa shape index (κ2) is 6.86. The number of ether oxygens (including phenoxy) is 1. The van der Waals surface area contributed by atoms with Crippen molar-refractivity contribution in [1.82, 2.24) is 9.47 Å². The maximum atomic E-state index is 12.2. The van der Waals surface area contributed by atoms with Gasteiger partial charge >= 0.3 is 5.97 Å². The summed E-state index contributed by atoms with van der Waals surface area (Å²) in [5.74, 6) is -1.10. The Labute approximate surface area is 147 Å². The number of aromatic nitrogens is 1. The van der Waals surface area contributed by atoms with Gasteiger partial charge in [0.1, 0.15) is 12.3 Å². The molecule has 2 amide bonds. The topological polar surface area (TPSA) is 88.8 Å². The van der Waals surface area contributed by atoms with E-state index in [4.69, 9.17) is 9.84 Å². The van der Waals surface area contributed by atoms with Gasteiger partial charge in [0.2, 0.25) is 0 Å². The Hall–Kier alpha value is -3.00. The molecule has 0 bridgehead atoms. The molecular weight excluding hydrogens is 344 g/mol. The number of hydrogen-bond donors (Lipinski definition) is 1. The summed E-state index contributed by atoms with van der Waals surface area (Å²) in [6, 6.07) is 11.0. The van der Waals surface area contributed by atoms with Crippen molar-refractivity contribution in [2.75, 3.05) is 13.7 Å². The van der Waals surface area contributed by atoms with Crippen LogP contribution in [0, 0.1) is 0 Å². The Morgan fingerprint density at radius 2 is 1.96 bits per heavy atom. The predicted octanol–water partition coefficient (Wildman–Crippen LogP) is 2.61. The second-order valence-electron chi connectivity index (χ2n) is 5.16. The lowest BCUT2D eigenvalue weighted by Gasteiger charge is -2.09. The van der Waals surface area contributed by atoms with Gasteiger partial charge < -0.3 is 14.4 Å². The molecule has 0 unspecified atom stereocenters. The zero-order chi connectivity index (χ0) is 18.0. The molecular formula is C17H14N2O5S. The molecule has 128 valence electrons. The number of carbonyl (C=O) groups excluding carboxylic acids is 2. The summed E-state index contributed by atoms with van der Waals surface area (Å²) in [5.41, 5.74) is 1.56. The molecule has 2 aromatic rings. The van der Waals surface area contributed by atoms with E-state index in [2.05, 4.69) is 0 Å². The van der Waals surface area contributed by atoms with Crippen molar-refractivity contribution in [3.05, 3.63) is 53.2 Å². The Balaban J connectivity index is 1.90. The number of carboxylic acid groups (broad SMARTS) is 1. The summed E-state index contributed by atoms with van der Waals surface area (Å²) >= 11 is 0.734. The minimum atomic E-state index is -1.23. The van der Waals surface area contributed by atoms with Crippen LogP contribution in [0.1, 0.15) is 5.69 Å². The van der Waals surface area contributed by atoms with Crippen LogP contribution in [-0.2, 0) is 9.59 Å². The van der Waals surface area contributed by atoms with Gasteiger partial charge in [0, 0.05) is 17.6 Å². The van der Waals surface area contributed by atoms with Gasteiger partial charge in [0.05, 0.1) is 12.0 Å². The lowest BCUT2D eigenvalue weighted by atomic mass is 10.3. The van der Waals surface area contributed by atoms with Gasteiger partial charge in [-0.2, -0.15) is 0 Å². The van der Waals surface area contributed by atoms with E-state index in [0.29, 0.717) is 5.69 Å². The third kappa shape index (κ3) is 3.43. The lowest BCUT2D eigenvalue weighted by molar-refractivity contribution is -0.140. The maximum Gasteiger partial charge on any atom is 0.323 e. The van der Waals surface area contributed by atoms with Gasteiger partial charge in [-0.15, -0.1) is 0 Å². The third-order valence-electron chi connectivity index (χ3n) is 3.58. The molecule has 0 atom stereocenters. The van der Waals surface area contributed by atoms with E-state index >= 15 is 0 Å². The van der Waals surface area contributed by atoms with E-state index in [1.807, 2.05) is 41.1 Å². The van der Waals surface area contributed by atoms with Crippen LogP contribution in [-0.4, -0.2) is 45.3 Å². The van der Waals surface area contributed by atoms with Gasteiger partial charge in [-0.1, -0.05) is 0 Å². The molecule has 0 aliphatic carbocycles. The SMILES string of the molecule is COc1ccc(-n2cccc2C=C2SC(=O)N(CC(=O)O)C2=O)cc1. The molecule has 1 aromatic heterocycles. The molecule has 25 heavy (non-hydrogen) atoms. The van der Waals surface area contributed by atoms with E-state index in [0.717, 1.165) is 28.1 Å². The van der Waals surface area contributed by atoms with E-state index in [1.54, 1.807) is 19.3 Å². The molecule has 1 saturated heterocycles. The Morgan fingerprint density at radius 3 is 2.60 bits per heavy atom. The summed E-state index contributed by atoms with van der Waals surface area (Å²) in [7, 11) is 1.59. The van der Waals surface area contributed by atoms with Crippen LogP contribution in [0.2, 0.25) is 0 Å². The molecule has 1 aliphatic heterocycles. The highest BCUT2D eigenvalue weighted by Gasteiger charge is 2.36. The molecule has 1 aliphatic rings. The fourth-order valence-corrected chi connectivity index (χ4v) is 3.22. The van der Waals surface area contributed by atoms with Crippen LogP contribution in [0.15, 0.2) is 47.5 Å². The maximum absolute atomic E-state index is 12.2. The lowest BCUT2D eigenvalue weighted by Crippen LogP contribution is -2.33. The van der Waals surface area contributed by atoms with Gasteiger partial charge in [-0.25, -0.2) is 0 Å². The summed E-state index contributed by atoms with van der Waals surface area (Å²) in [6.07, 6.45) is 3.41. The monoisotopic (exact) mass is 358 g/mol. The standard InChI is InChI=1S/C17H14N2O5S/c1-24-13-6-4-11(5-7-13)18-8-2-3-12(18)9-14-16(22)19(10-15(20)21)17(23)25-14/h2-9H,10H2,1H3,(H,20,21). The quantitative estimate of drug-likeness (QED) is 0.827. The number of methoxy groups -OCH3 is 1. The molecule has 0 spiro atoms. The molecule has 1 fully saturated rings. The molecule has 7 nitrogen and oxygen atoms in total. The molecule has 1 N–H and O–H groups in total. The molecule has 1 aromatic carbocycles. The van der Waals surface area contributed by atoms with Crippen molar-refractivity contribution < 1.29 is 24.2 Å². The predicted molar refractivity (Wildman–Crippen MR) is 92.6 cm³/mol. The van der Waals surface area contributed by atoms with Gasteiger partial charge in [-0.3, -0.25) is 19.3 Å². The highest BCUT2D eigenvalue weighted by atomic mass is 32.2. The average Bonchev–Trinajstić information content (AvgIpc) is 3.15. The van der Waals surface area contributed by atoms with E-state index in [9.17, 15) is 14.4 Å². The molecule has 8 heteroatoms. The number of imide groups is 1. The first-order valence-electron chi connectivity index (χ1n) is 7.28. The van der Waals surface area contributed by atoms with Crippen molar-refractivity contribution in [2.45, 2.75) is 0 Å². The number of benzene rings is 1. The fourth-order valence-electron chi connectivity index (χ4n) is 2.40. The van der Waals surface area contributed by atoms with E-state index < -0.39 is 23.7 Å². The highest BCUT2D eigenvalue weighted by Crippen LogP contribution is 2.32. The number of rotatable bonds is 5. The summed E-state index contributed by atoms with van der Waals surface area (Å²) < 4.78 is 6.99. The van der Waals surface area contributed by atoms with Crippen LogP contribution in [0.25, 0.3) is 11.8 Å². The number of carboxylic acids is 1. The number of hydrogen-bond acceptors (Lipinski definition) is 5. The second-order valence-corrected chi connectivity index (χ2v) is 6.16. The zero-order valence-electron chi connectivity index (χ0n) is 13.2. The molecule has 2 heterocycles. The van der Waals surface area contributed by atoms with Crippen molar-refractivity contribution in [1.29, 1.82) is 0 Å². The van der Waals surface area contributed by atoms with E-state index in [-0.39, 0.29) is 4.91 Å². The van der Waals surface area contributed by atoms with Crippen molar-refractivity contribution >= 4 is 35.0 Å². The first kappa shape index (κ1) is 16.8. The van der Waals surface area contributed by atoms with Crippen LogP contribution < -0.4 is 4.74 Å². The van der Waals surface area contributed by atoms with Gasteiger partial charge in [-0.05, 0) is 54.2 Å². The summed E-state index contributed by atoms with van der Waals surface area (Å²) in [4.78, 5) is 35.8. The average molecular weight is 358 g/mol. The summed E-state index contributed by atoms with van der Waals surface area (Å²) in [5, 5.41) is 8.22. The Morgan fingerprint density at radius 1 is 1.24 bits per heavy atom. The molecule has 3 rings (SSSR count). The van der Waals surface area contributed by atoms with E-state index in [1.165, 1.54) is 0 Å². The largest absolute Gasteiger partial charge is 0.497 e. The zero-order valence-corrected chi connectivity index (χ0v) is 14.0. The van der Waals surface area contributed by atoms with Crippen LogP contribution in [0.5, 0.6) is 5.75 Å². The third-order valence-corrected chi connectivity index (χ3v) is 4.48. The van der Waals surface area contributed by atoms with Gasteiger partial charge in [0.25, 0.3) is 11.1 Å². The first-order valence-corrected chi connectivity index (χ1v) is 8.10. The highest BCUT2D eigenvalue weighted by molar-refractivity contribution is 8.18. The van der Waals surface area contributed by atoms with Crippen LogP contribution in [0.3, 0.4) is 0 Å². The van der Waals surface area contributed by atoms with Crippen molar-refractivity contribution in [3.8, 4) is 11.4 Å². The minimum absolute atomic E-state index is 0.194. The smallest absolute Gasteiger partial charge is 0.323 e. The van der Waals surface area contributed by atoms with Crippen LogP contribution >= 0.6 is 11.8 Å². The van der Waals surface area contributed by atoms with Crippen molar-refractivity contribution in [3.63, 3.8) is 0 Å². The molecule has 0 radical (unpaired) electrons. The number of thioether (sulfide) groups is 1.